The Bertz CT molecular complexity index is 466. The normalized spacial score (nSPS) is 26.0. The van der Waals surface area contributed by atoms with Gasteiger partial charge < -0.3 is 4.90 Å². The Kier molecular flexibility index (Phi) is 2.88. The highest BCUT2D eigenvalue weighted by Crippen LogP contribution is 2.39. The molecule has 0 bridgehead atoms. The largest absolute Gasteiger partial charge is 0.339 e. The number of fused-ring (bicyclic) bond motifs is 1. The summed E-state index contributed by atoms with van der Waals surface area (Å²) in [6.45, 7) is 5.09. The average molecular weight is 247 g/mol. The monoisotopic (exact) mass is 247 g/mol. The van der Waals surface area contributed by atoms with Crippen LogP contribution >= 0.6 is 0 Å². The van der Waals surface area contributed by atoms with Crippen LogP contribution in [0.3, 0.4) is 0 Å². The number of aromatic amines is 1. The zero-order chi connectivity index (χ0) is 12.7. The Morgan fingerprint density at radius 3 is 2.94 bits per heavy atom. The van der Waals surface area contributed by atoms with Gasteiger partial charge in [-0.2, -0.15) is 5.10 Å². The van der Waals surface area contributed by atoms with Crippen molar-refractivity contribution < 1.29 is 4.79 Å². The van der Waals surface area contributed by atoms with Gasteiger partial charge in [-0.05, 0) is 38.2 Å². The molecule has 1 amide bonds. The molecule has 1 aromatic rings. The summed E-state index contributed by atoms with van der Waals surface area (Å²) in [4.78, 5) is 14.2. The lowest BCUT2D eigenvalue weighted by atomic mass is 9.91. The van der Waals surface area contributed by atoms with Crippen molar-refractivity contribution in [3.63, 3.8) is 0 Å². The average Bonchev–Trinajstić information content (AvgIpc) is 2.83. The van der Waals surface area contributed by atoms with Crippen LogP contribution in [0.2, 0.25) is 0 Å². The van der Waals surface area contributed by atoms with Gasteiger partial charge in [0.05, 0.1) is 5.69 Å². The molecule has 2 fully saturated rings. The summed E-state index contributed by atoms with van der Waals surface area (Å²) in [5.74, 6) is 1.13. The van der Waals surface area contributed by atoms with Gasteiger partial charge in [-0.1, -0.05) is 6.42 Å². The first kappa shape index (κ1) is 11.8. The molecule has 1 aromatic heterocycles. The van der Waals surface area contributed by atoms with Crippen LogP contribution in [-0.4, -0.2) is 33.6 Å². The number of aromatic nitrogens is 2. The van der Waals surface area contributed by atoms with E-state index < -0.39 is 0 Å². The van der Waals surface area contributed by atoms with Crippen LogP contribution in [0.4, 0.5) is 0 Å². The molecule has 3 rings (SSSR count). The van der Waals surface area contributed by atoms with Crippen LogP contribution in [0, 0.1) is 19.8 Å². The van der Waals surface area contributed by atoms with Crippen LogP contribution in [0.5, 0.6) is 0 Å². The molecular formula is C14H21N3O. The lowest BCUT2D eigenvalue weighted by Crippen LogP contribution is -2.56. The summed E-state index contributed by atoms with van der Waals surface area (Å²) < 4.78 is 0. The molecular weight excluding hydrogens is 226 g/mol. The number of hydrogen-bond donors (Lipinski definition) is 1. The zero-order valence-electron chi connectivity index (χ0n) is 11.2. The fraction of sp³-hybridized carbons (Fsp3) is 0.714. The lowest BCUT2D eigenvalue weighted by molar-refractivity contribution is -0.142. The van der Waals surface area contributed by atoms with E-state index in [1.165, 1.54) is 24.8 Å². The Morgan fingerprint density at radius 1 is 1.44 bits per heavy atom. The van der Waals surface area contributed by atoms with E-state index in [0.717, 1.165) is 30.3 Å². The molecule has 0 spiro atoms. The molecule has 1 aliphatic carbocycles. The molecule has 0 unspecified atom stereocenters. The molecule has 1 N–H and O–H groups in total. The highest BCUT2D eigenvalue weighted by Gasteiger charge is 2.43. The summed E-state index contributed by atoms with van der Waals surface area (Å²) in [6, 6.07) is 0.569. The van der Waals surface area contributed by atoms with E-state index in [1.807, 2.05) is 6.92 Å². The van der Waals surface area contributed by atoms with Crippen molar-refractivity contribution in [1.82, 2.24) is 15.1 Å². The number of carbonyl (C=O) groups is 1. The molecule has 98 valence electrons. The Balaban J connectivity index is 1.54. The van der Waals surface area contributed by atoms with Crippen molar-refractivity contribution in [2.45, 2.75) is 52.0 Å². The molecule has 0 aromatic carbocycles. The van der Waals surface area contributed by atoms with Crippen molar-refractivity contribution in [1.29, 1.82) is 0 Å². The second-order valence-corrected chi connectivity index (χ2v) is 5.72. The minimum absolute atomic E-state index is 0.318. The van der Waals surface area contributed by atoms with E-state index in [4.69, 9.17) is 0 Å². The number of H-pyrrole nitrogens is 1. The van der Waals surface area contributed by atoms with E-state index in [1.54, 1.807) is 0 Å². The second-order valence-electron chi connectivity index (χ2n) is 5.72. The molecule has 4 nitrogen and oxygen atoms in total. The fourth-order valence-corrected chi connectivity index (χ4v) is 3.33. The number of nitrogens with zero attached hydrogens (tertiary/aromatic N) is 2. The van der Waals surface area contributed by atoms with Gasteiger partial charge in [0.15, 0.2) is 0 Å². The third kappa shape index (κ3) is 1.84. The van der Waals surface area contributed by atoms with Gasteiger partial charge in [0.25, 0.3) is 0 Å². The van der Waals surface area contributed by atoms with Gasteiger partial charge in [-0.15, -0.1) is 0 Å². The number of nitrogens with one attached hydrogen (secondary N) is 1. The molecule has 4 heteroatoms. The molecule has 0 radical (unpaired) electrons. The van der Waals surface area contributed by atoms with Crippen molar-refractivity contribution in [3.05, 3.63) is 17.0 Å². The SMILES string of the molecule is Cc1[nH]nc(CCC(=O)N2C[C@@H]3CCC[C@@H]32)c1C. The first-order chi connectivity index (χ1) is 8.66. The summed E-state index contributed by atoms with van der Waals surface area (Å²) in [6.07, 6.45) is 5.22. The quantitative estimate of drug-likeness (QED) is 0.887. The maximum absolute atomic E-state index is 12.1. The van der Waals surface area contributed by atoms with E-state index >= 15 is 0 Å². The third-order valence-electron chi connectivity index (χ3n) is 4.70. The van der Waals surface area contributed by atoms with Crippen molar-refractivity contribution >= 4 is 5.91 Å². The molecule has 1 aliphatic heterocycles. The molecule has 1 saturated carbocycles. The number of carbonyl (C=O) groups excluding carboxylic acids is 1. The van der Waals surface area contributed by atoms with Crippen molar-refractivity contribution in [2.75, 3.05) is 6.54 Å². The standard InChI is InChI=1S/C14H21N3O/c1-9-10(2)15-16-12(9)6-7-14(18)17-8-11-4-3-5-13(11)17/h11,13H,3-8H2,1-2H3,(H,15,16)/t11-,13-/m0/s1. The highest BCUT2D eigenvalue weighted by molar-refractivity contribution is 5.77. The number of aryl methyl sites for hydroxylation is 2. The smallest absolute Gasteiger partial charge is 0.223 e. The Labute approximate surface area is 108 Å². The maximum Gasteiger partial charge on any atom is 0.223 e. The molecule has 2 heterocycles. The predicted molar refractivity (Wildman–Crippen MR) is 69.2 cm³/mol. The molecule has 2 atom stereocenters. The van der Waals surface area contributed by atoms with E-state index in [-0.39, 0.29) is 0 Å². The second kappa shape index (κ2) is 4.41. The first-order valence-corrected chi connectivity index (χ1v) is 6.96. The number of hydrogen-bond acceptors (Lipinski definition) is 2. The number of rotatable bonds is 3. The van der Waals surface area contributed by atoms with Crippen LogP contribution in [0.25, 0.3) is 0 Å². The minimum atomic E-state index is 0.318. The minimum Gasteiger partial charge on any atom is -0.339 e. The van der Waals surface area contributed by atoms with Gasteiger partial charge in [-0.25, -0.2) is 0 Å². The topological polar surface area (TPSA) is 49.0 Å². The van der Waals surface area contributed by atoms with Gasteiger partial charge >= 0.3 is 0 Å². The molecule has 2 aliphatic rings. The van der Waals surface area contributed by atoms with Gasteiger partial charge in [-0.3, -0.25) is 9.89 Å². The van der Waals surface area contributed by atoms with Crippen LogP contribution in [0.15, 0.2) is 0 Å². The summed E-state index contributed by atoms with van der Waals surface area (Å²) in [7, 11) is 0. The number of amides is 1. The van der Waals surface area contributed by atoms with Crippen LogP contribution in [0.1, 0.15) is 42.6 Å². The summed E-state index contributed by atoms with van der Waals surface area (Å²) in [5.41, 5.74) is 3.35. The van der Waals surface area contributed by atoms with E-state index in [9.17, 15) is 4.79 Å². The van der Waals surface area contributed by atoms with Crippen molar-refractivity contribution in [2.24, 2.45) is 5.92 Å². The van der Waals surface area contributed by atoms with Crippen LogP contribution in [-0.2, 0) is 11.2 Å². The van der Waals surface area contributed by atoms with Gasteiger partial charge in [0.1, 0.15) is 0 Å². The Hall–Kier alpha value is -1.32. The third-order valence-corrected chi connectivity index (χ3v) is 4.70. The van der Waals surface area contributed by atoms with E-state index in [2.05, 4.69) is 22.0 Å². The van der Waals surface area contributed by atoms with Gasteiger partial charge in [0, 0.05) is 31.1 Å². The highest BCUT2D eigenvalue weighted by atomic mass is 16.2. The molecule has 18 heavy (non-hydrogen) atoms. The maximum atomic E-state index is 12.1. The lowest BCUT2D eigenvalue weighted by Gasteiger charge is -2.44. The summed E-state index contributed by atoms with van der Waals surface area (Å²) in [5, 5.41) is 7.24. The Morgan fingerprint density at radius 2 is 2.28 bits per heavy atom. The zero-order valence-corrected chi connectivity index (χ0v) is 11.2. The fourth-order valence-electron chi connectivity index (χ4n) is 3.33. The summed E-state index contributed by atoms with van der Waals surface area (Å²) >= 11 is 0. The predicted octanol–water partition coefficient (Wildman–Crippen LogP) is 1.97. The number of likely N-dealkylation sites (tertiary alicyclic amines) is 1. The van der Waals surface area contributed by atoms with Crippen molar-refractivity contribution in [3.8, 4) is 0 Å². The van der Waals surface area contributed by atoms with Crippen LogP contribution < -0.4 is 0 Å². The van der Waals surface area contributed by atoms with E-state index in [0.29, 0.717) is 18.4 Å². The first-order valence-electron chi connectivity index (χ1n) is 6.96. The molecule has 1 saturated heterocycles. The van der Waals surface area contributed by atoms with Gasteiger partial charge in [0.2, 0.25) is 5.91 Å².